The normalized spacial score (nSPS) is 14.6. The Balaban J connectivity index is 2.47. The molecule has 0 fully saturated rings. The van der Waals surface area contributed by atoms with Crippen LogP contribution in [-0.4, -0.2) is 24.0 Å². The Bertz CT molecular complexity index is 362. The summed E-state index contributed by atoms with van der Waals surface area (Å²) >= 11 is 0.568. The molecular formula is C11H10F6S. The van der Waals surface area contributed by atoms with Crippen molar-refractivity contribution in [1.82, 2.24) is 0 Å². The lowest BCUT2D eigenvalue weighted by Gasteiger charge is -2.22. The molecule has 1 atom stereocenters. The minimum Gasteiger partial charge on any atom is -0.231 e. The number of halogens is 6. The molecule has 0 saturated carbocycles. The van der Waals surface area contributed by atoms with E-state index in [9.17, 15) is 26.3 Å². The van der Waals surface area contributed by atoms with E-state index in [1.165, 1.54) is 0 Å². The van der Waals surface area contributed by atoms with Crippen LogP contribution in [-0.2, 0) is 5.75 Å². The molecule has 1 aromatic carbocycles. The van der Waals surface area contributed by atoms with E-state index in [-0.39, 0.29) is 5.75 Å². The van der Waals surface area contributed by atoms with Crippen LogP contribution in [0.15, 0.2) is 30.3 Å². The summed E-state index contributed by atoms with van der Waals surface area (Å²) in [6.07, 6.45) is -9.65. The van der Waals surface area contributed by atoms with Gasteiger partial charge in [0.05, 0.1) is 5.75 Å². The van der Waals surface area contributed by atoms with E-state index < -0.39 is 24.0 Å². The Morgan fingerprint density at radius 2 is 1.56 bits per heavy atom. The summed E-state index contributed by atoms with van der Waals surface area (Å²) in [6.45, 7) is 0. The van der Waals surface area contributed by atoms with Crippen molar-refractivity contribution in [3.63, 3.8) is 0 Å². The van der Waals surface area contributed by atoms with Crippen LogP contribution in [0.1, 0.15) is 5.56 Å². The summed E-state index contributed by atoms with van der Waals surface area (Å²) in [4.78, 5) is 0. The molecule has 0 heterocycles. The summed E-state index contributed by atoms with van der Waals surface area (Å²) in [6, 6.07) is 8.40. The van der Waals surface area contributed by atoms with Crippen LogP contribution in [0.4, 0.5) is 26.3 Å². The fraction of sp³-hybridized carbons (Fsp3) is 0.455. The van der Waals surface area contributed by atoms with Crippen LogP contribution in [0.5, 0.6) is 0 Å². The van der Waals surface area contributed by atoms with Crippen LogP contribution >= 0.6 is 11.8 Å². The molecule has 0 bridgehead atoms. The lowest BCUT2D eigenvalue weighted by atomic mass is 10.2. The number of alkyl halides is 6. The van der Waals surface area contributed by atoms with Gasteiger partial charge in [0.25, 0.3) is 12.1 Å². The maximum absolute atomic E-state index is 12.9. The molecule has 0 aliphatic rings. The average Bonchev–Trinajstić information content (AvgIpc) is 2.28. The Morgan fingerprint density at radius 3 is 2.06 bits per heavy atom. The molecule has 0 saturated heterocycles. The fourth-order valence-electron chi connectivity index (χ4n) is 1.19. The number of thioether (sulfide) groups is 1. The molecule has 0 aromatic heterocycles. The van der Waals surface area contributed by atoms with Crippen molar-refractivity contribution in [3.8, 4) is 0 Å². The third-order valence-electron chi connectivity index (χ3n) is 2.06. The number of hydrogen-bond donors (Lipinski definition) is 0. The highest BCUT2D eigenvalue weighted by molar-refractivity contribution is 7.98. The molecular weight excluding hydrogens is 278 g/mol. The molecule has 7 heteroatoms. The van der Waals surface area contributed by atoms with Crippen molar-refractivity contribution < 1.29 is 26.3 Å². The van der Waals surface area contributed by atoms with Gasteiger partial charge in [-0.3, -0.25) is 0 Å². The van der Waals surface area contributed by atoms with Gasteiger partial charge in [-0.2, -0.15) is 24.9 Å². The minimum absolute atomic E-state index is 0.112. The standard InChI is InChI=1S/C11H10F6S/c12-9(11(15,16)17)10(13,14)7-18-6-8-4-2-1-3-5-8/h1-5,9H,6-7H2/t9-/m0/s1. The third kappa shape index (κ3) is 4.44. The van der Waals surface area contributed by atoms with Crippen molar-refractivity contribution in [3.05, 3.63) is 35.9 Å². The quantitative estimate of drug-likeness (QED) is 0.721. The zero-order valence-corrected chi connectivity index (χ0v) is 9.87. The Hall–Kier alpha value is -0.850. The molecule has 1 aromatic rings. The number of hydrogen-bond acceptors (Lipinski definition) is 1. The van der Waals surface area contributed by atoms with Crippen LogP contribution in [0, 0.1) is 0 Å². The molecule has 1 rings (SSSR count). The zero-order chi connectivity index (χ0) is 13.8. The lowest BCUT2D eigenvalue weighted by molar-refractivity contribution is -0.237. The van der Waals surface area contributed by atoms with E-state index in [2.05, 4.69) is 0 Å². The molecule has 0 amide bonds. The monoisotopic (exact) mass is 288 g/mol. The van der Waals surface area contributed by atoms with Gasteiger partial charge in [0.2, 0.25) is 0 Å². The second-order valence-corrected chi connectivity index (χ2v) is 4.63. The second-order valence-electron chi connectivity index (χ2n) is 3.64. The highest BCUT2D eigenvalue weighted by Gasteiger charge is 2.56. The molecule has 18 heavy (non-hydrogen) atoms. The van der Waals surface area contributed by atoms with Crippen molar-refractivity contribution in [2.75, 3.05) is 5.75 Å². The zero-order valence-electron chi connectivity index (χ0n) is 9.05. The predicted molar refractivity (Wildman–Crippen MR) is 58.5 cm³/mol. The second kappa shape index (κ2) is 5.86. The minimum atomic E-state index is -5.53. The van der Waals surface area contributed by atoms with Gasteiger partial charge >= 0.3 is 6.18 Å². The Labute approximate surface area is 104 Å². The van der Waals surface area contributed by atoms with Gasteiger partial charge in [0.1, 0.15) is 0 Å². The van der Waals surface area contributed by atoms with Crippen LogP contribution < -0.4 is 0 Å². The smallest absolute Gasteiger partial charge is 0.231 e. The highest BCUT2D eigenvalue weighted by Crippen LogP contribution is 2.37. The van der Waals surface area contributed by atoms with Gasteiger partial charge in [-0.05, 0) is 5.56 Å². The predicted octanol–water partition coefficient (Wildman–Crippen LogP) is 4.46. The molecule has 0 aliphatic carbocycles. The maximum atomic E-state index is 12.9. The van der Waals surface area contributed by atoms with Crippen molar-refractivity contribution in [2.24, 2.45) is 0 Å². The summed E-state index contributed by atoms with van der Waals surface area (Å²) < 4.78 is 73.8. The molecule has 102 valence electrons. The van der Waals surface area contributed by atoms with Gasteiger partial charge in [-0.15, -0.1) is 0 Å². The van der Waals surface area contributed by atoms with E-state index in [4.69, 9.17) is 0 Å². The topological polar surface area (TPSA) is 0 Å². The van der Waals surface area contributed by atoms with Gasteiger partial charge in [0.15, 0.2) is 0 Å². The summed E-state index contributed by atoms with van der Waals surface area (Å²) in [7, 11) is 0. The van der Waals surface area contributed by atoms with Gasteiger partial charge in [-0.25, -0.2) is 13.2 Å². The molecule has 0 radical (unpaired) electrons. The largest absolute Gasteiger partial charge is 0.425 e. The first kappa shape index (κ1) is 15.2. The van der Waals surface area contributed by atoms with Crippen LogP contribution in [0.2, 0.25) is 0 Å². The Kier molecular flexibility index (Phi) is 4.95. The molecule has 0 N–H and O–H groups in total. The van der Waals surface area contributed by atoms with E-state index in [1.807, 2.05) is 0 Å². The molecule has 0 aliphatic heterocycles. The van der Waals surface area contributed by atoms with E-state index >= 15 is 0 Å². The highest BCUT2D eigenvalue weighted by atomic mass is 32.2. The summed E-state index contributed by atoms with van der Waals surface area (Å²) in [5, 5.41) is 0. The lowest BCUT2D eigenvalue weighted by Crippen LogP contribution is -2.43. The Morgan fingerprint density at radius 1 is 1.00 bits per heavy atom. The van der Waals surface area contributed by atoms with Crippen molar-refractivity contribution in [2.45, 2.75) is 24.0 Å². The van der Waals surface area contributed by atoms with Crippen LogP contribution in [0.25, 0.3) is 0 Å². The van der Waals surface area contributed by atoms with Crippen molar-refractivity contribution in [1.29, 1.82) is 0 Å². The maximum Gasteiger partial charge on any atom is 0.425 e. The van der Waals surface area contributed by atoms with E-state index in [1.54, 1.807) is 30.3 Å². The van der Waals surface area contributed by atoms with E-state index in [0.29, 0.717) is 17.3 Å². The van der Waals surface area contributed by atoms with Gasteiger partial charge in [-0.1, -0.05) is 30.3 Å². The summed E-state index contributed by atoms with van der Waals surface area (Å²) in [5.74, 6) is -5.50. The van der Waals surface area contributed by atoms with Crippen molar-refractivity contribution >= 4 is 11.8 Å². The first-order valence-corrected chi connectivity index (χ1v) is 6.09. The fourth-order valence-corrected chi connectivity index (χ4v) is 2.14. The molecule has 0 nitrogen and oxygen atoms in total. The average molecular weight is 288 g/mol. The van der Waals surface area contributed by atoms with E-state index in [0.717, 1.165) is 0 Å². The SMILES string of the molecule is F[C@H](C(F)(F)F)C(F)(F)CSCc1ccccc1. The first-order chi connectivity index (χ1) is 8.23. The number of benzene rings is 1. The van der Waals surface area contributed by atoms with Crippen LogP contribution in [0.3, 0.4) is 0 Å². The molecule has 0 spiro atoms. The third-order valence-corrected chi connectivity index (χ3v) is 3.19. The number of rotatable bonds is 5. The summed E-state index contributed by atoms with van der Waals surface area (Å²) in [5.41, 5.74) is 0.695. The van der Waals surface area contributed by atoms with Gasteiger partial charge < -0.3 is 0 Å². The molecule has 0 unspecified atom stereocenters. The first-order valence-electron chi connectivity index (χ1n) is 4.94. The van der Waals surface area contributed by atoms with Gasteiger partial charge in [0, 0.05) is 5.75 Å².